The second kappa shape index (κ2) is 6.02. The SMILES string of the molecule is CNC(C)Cc1noc(-c2sc(C)c(Br)c2OC)n1. The zero-order chi connectivity index (χ0) is 14.0. The second-order valence-electron chi connectivity index (χ2n) is 4.24. The molecule has 0 aliphatic heterocycles. The van der Waals surface area contributed by atoms with E-state index in [0.29, 0.717) is 17.8 Å². The van der Waals surface area contributed by atoms with Crippen LogP contribution in [0.2, 0.25) is 0 Å². The molecule has 0 saturated carbocycles. The van der Waals surface area contributed by atoms with Gasteiger partial charge in [0.15, 0.2) is 11.6 Å². The van der Waals surface area contributed by atoms with E-state index in [1.807, 2.05) is 14.0 Å². The molecule has 0 aliphatic carbocycles. The summed E-state index contributed by atoms with van der Waals surface area (Å²) >= 11 is 5.08. The molecule has 0 fully saturated rings. The number of nitrogens with one attached hydrogen (secondary N) is 1. The molecule has 2 aromatic rings. The van der Waals surface area contributed by atoms with Gasteiger partial charge >= 0.3 is 0 Å². The number of ether oxygens (including phenoxy) is 1. The third-order valence-corrected chi connectivity index (χ3v) is 5.11. The minimum absolute atomic E-state index is 0.309. The maximum atomic E-state index is 5.39. The fraction of sp³-hybridized carbons (Fsp3) is 0.500. The van der Waals surface area contributed by atoms with Gasteiger partial charge in [0.25, 0.3) is 5.89 Å². The van der Waals surface area contributed by atoms with Gasteiger partial charge in [-0.15, -0.1) is 11.3 Å². The molecule has 19 heavy (non-hydrogen) atoms. The summed E-state index contributed by atoms with van der Waals surface area (Å²) in [6, 6.07) is 0.309. The fourth-order valence-corrected chi connectivity index (χ4v) is 3.30. The topological polar surface area (TPSA) is 60.2 Å². The summed E-state index contributed by atoms with van der Waals surface area (Å²) in [5.74, 6) is 1.95. The highest BCUT2D eigenvalue weighted by Crippen LogP contribution is 2.44. The molecule has 0 bridgehead atoms. The molecular weight excluding hydrogens is 330 g/mol. The smallest absolute Gasteiger partial charge is 0.271 e. The molecule has 0 saturated heterocycles. The molecule has 2 aromatic heterocycles. The molecule has 1 atom stereocenters. The molecule has 1 unspecified atom stereocenters. The Hall–Kier alpha value is -0.920. The molecule has 7 heteroatoms. The largest absolute Gasteiger partial charge is 0.494 e. The highest BCUT2D eigenvalue weighted by Gasteiger charge is 2.21. The van der Waals surface area contributed by atoms with Gasteiger partial charge < -0.3 is 14.6 Å². The van der Waals surface area contributed by atoms with Gasteiger partial charge in [-0.05, 0) is 36.8 Å². The average molecular weight is 346 g/mol. The molecule has 2 heterocycles. The lowest BCUT2D eigenvalue weighted by molar-refractivity contribution is 0.402. The number of methoxy groups -OCH3 is 1. The van der Waals surface area contributed by atoms with Crippen LogP contribution in [0.4, 0.5) is 0 Å². The molecule has 0 aliphatic rings. The van der Waals surface area contributed by atoms with E-state index in [1.54, 1.807) is 18.4 Å². The second-order valence-corrected chi connectivity index (χ2v) is 6.26. The monoisotopic (exact) mass is 345 g/mol. The van der Waals surface area contributed by atoms with Gasteiger partial charge in [-0.2, -0.15) is 4.98 Å². The number of hydrogen-bond acceptors (Lipinski definition) is 6. The minimum atomic E-state index is 0.309. The lowest BCUT2D eigenvalue weighted by Crippen LogP contribution is -2.24. The molecule has 1 N–H and O–H groups in total. The van der Waals surface area contributed by atoms with Crippen LogP contribution in [0.1, 0.15) is 17.6 Å². The minimum Gasteiger partial charge on any atom is -0.494 e. The lowest BCUT2D eigenvalue weighted by atomic mass is 10.2. The third-order valence-electron chi connectivity index (χ3n) is 2.82. The molecule has 0 aromatic carbocycles. The molecule has 5 nitrogen and oxygen atoms in total. The zero-order valence-corrected chi connectivity index (χ0v) is 13.7. The summed E-state index contributed by atoms with van der Waals surface area (Å²) in [7, 11) is 3.55. The van der Waals surface area contributed by atoms with Crippen LogP contribution in [0, 0.1) is 6.92 Å². The first-order valence-electron chi connectivity index (χ1n) is 5.89. The molecular formula is C12H16BrN3O2S. The molecule has 0 amide bonds. The fourth-order valence-electron chi connectivity index (χ4n) is 1.63. The normalized spacial score (nSPS) is 12.7. The van der Waals surface area contributed by atoms with Crippen molar-refractivity contribution in [3.63, 3.8) is 0 Å². The summed E-state index contributed by atoms with van der Waals surface area (Å²) in [6.07, 6.45) is 0.730. The van der Waals surface area contributed by atoms with Crippen molar-refractivity contribution in [3.8, 4) is 16.5 Å². The Morgan fingerprint density at radius 1 is 1.53 bits per heavy atom. The molecule has 0 spiro atoms. The van der Waals surface area contributed by atoms with Crippen LogP contribution in [-0.4, -0.2) is 30.3 Å². The van der Waals surface area contributed by atoms with E-state index in [2.05, 4.69) is 38.3 Å². The predicted octanol–water partition coefficient (Wildman–Crippen LogP) is 3.03. The summed E-state index contributed by atoms with van der Waals surface area (Å²) in [5, 5.41) is 7.15. The van der Waals surface area contributed by atoms with Gasteiger partial charge in [0.05, 0.1) is 11.6 Å². The van der Waals surface area contributed by atoms with Crippen molar-refractivity contribution in [1.29, 1.82) is 0 Å². The summed E-state index contributed by atoms with van der Waals surface area (Å²) in [6.45, 7) is 4.09. The molecule has 104 valence electrons. The van der Waals surface area contributed by atoms with Gasteiger partial charge in [0, 0.05) is 17.3 Å². The summed E-state index contributed by atoms with van der Waals surface area (Å²) < 4.78 is 11.7. The standard InChI is InChI=1S/C12H16BrN3O2S/c1-6(14-3)5-8-15-12(18-16-8)11-10(17-4)9(13)7(2)19-11/h6,14H,5H2,1-4H3. The van der Waals surface area contributed by atoms with Crippen LogP contribution in [0.25, 0.3) is 10.8 Å². The van der Waals surface area contributed by atoms with Crippen LogP contribution in [0.15, 0.2) is 9.00 Å². The maximum Gasteiger partial charge on any atom is 0.271 e. The Bertz CT molecular complexity index is 567. The third kappa shape index (κ3) is 2.98. The highest BCUT2D eigenvalue weighted by molar-refractivity contribution is 9.10. The van der Waals surface area contributed by atoms with E-state index in [1.165, 1.54) is 0 Å². The highest BCUT2D eigenvalue weighted by atomic mass is 79.9. The van der Waals surface area contributed by atoms with E-state index >= 15 is 0 Å². The summed E-state index contributed by atoms with van der Waals surface area (Å²) in [5.41, 5.74) is 0. The van der Waals surface area contributed by atoms with E-state index in [4.69, 9.17) is 9.26 Å². The van der Waals surface area contributed by atoms with Crippen LogP contribution >= 0.6 is 27.3 Å². The Morgan fingerprint density at radius 2 is 2.26 bits per heavy atom. The van der Waals surface area contributed by atoms with E-state index in [-0.39, 0.29) is 0 Å². The number of likely N-dealkylation sites (N-methyl/N-ethyl adjacent to an activating group) is 1. The number of halogens is 1. The Labute approximate surface area is 124 Å². The van der Waals surface area contributed by atoms with Gasteiger partial charge in [0.2, 0.25) is 0 Å². The zero-order valence-electron chi connectivity index (χ0n) is 11.3. The van der Waals surface area contributed by atoms with Crippen molar-refractivity contribution in [1.82, 2.24) is 15.5 Å². The quantitative estimate of drug-likeness (QED) is 0.902. The van der Waals surface area contributed by atoms with Crippen molar-refractivity contribution in [3.05, 3.63) is 15.2 Å². The van der Waals surface area contributed by atoms with E-state index in [9.17, 15) is 0 Å². The Morgan fingerprint density at radius 3 is 2.89 bits per heavy atom. The molecule has 2 rings (SSSR count). The van der Waals surface area contributed by atoms with Crippen molar-refractivity contribution < 1.29 is 9.26 Å². The number of thiophene rings is 1. The Kier molecular flexibility index (Phi) is 4.59. The van der Waals surface area contributed by atoms with Crippen LogP contribution < -0.4 is 10.1 Å². The van der Waals surface area contributed by atoms with E-state index in [0.717, 1.165) is 26.4 Å². The van der Waals surface area contributed by atoms with Gasteiger partial charge in [-0.1, -0.05) is 5.16 Å². The van der Waals surface area contributed by atoms with Crippen molar-refractivity contribution >= 4 is 27.3 Å². The first-order valence-corrected chi connectivity index (χ1v) is 7.50. The number of nitrogens with zero attached hydrogens (tertiary/aromatic N) is 2. The van der Waals surface area contributed by atoms with Crippen LogP contribution in [-0.2, 0) is 6.42 Å². The number of rotatable bonds is 5. The van der Waals surface area contributed by atoms with Crippen LogP contribution in [0.5, 0.6) is 5.75 Å². The van der Waals surface area contributed by atoms with Crippen molar-refractivity contribution in [2.75, 3.05) is 14.2 Å². The first kappa shape index (κ1) is 14.5. The van der Waals surface area contributed by atoms with E-state index < -0.39 is 0 Å². The van der Waals surface area contributed by atoms with Crippen LogP contribution in [0.3, 0.4) is 0 Å². The number of aromatic nitrogens is 2. The van der Waals surface area contributed by atoms with Gasteiger partial charge in [-0.25, -0.2) is 0 Å². The lowest BCUT2D eigenvalue weighted by Gasteiger charge is -2.04. The maximum absolute atomic E-state index is 5.39. The van der Waals surface area contributed by atoms with Crippen molar-refractivity contribution in [2.45, 2.75) is 26.3 Å². The molecule has 0 radical (unpaired) electrons. The van der Waals surface area contributed by atoms with Gasteiger partial charge in [-0.3, -0.25) is 0 Å². The van der Waals surface area contributed by atoms with Crippen molar-refractivity contribution in [2.24, 2.45) is 0 Å². The number of hydrogen-bond donors (Lipinski definition) is 1. The predicted molar refractivity (Wildman–Crippen MR) is 78.8 cm³/mol. The van der Waals surface area contributed by atoms with Gasteiger partial charge in [0.1, 0.15) is 4.88 Å². The summed E-state index contributed by atoms with van der Waals surface area (Å²) in [4.78, 5) is 6.41. The number of aryl methyl sites for hydroxylation is 1. The Balaban J connectivity index is 2.30. The average Bonchev–Trinajstić information content (AvgIpc) is 2.95. The first-order chi connectivity index (χ1) is 9.06.